The summed E-state index contributed by atoms with van der Waals surface area (Å²) in [5, 5.41) is 2.87. The first-order chi connectivity index (χ1) is 9.61. The van der Waals surface area contributed by atoms with Gasteiger partial charge in [0.15, 0.2) is 17.2 Å². The second kappa shape index (κ2) is 6.31. The van der Waals surface area contributed by atoms with E-state index in [-0.39, 0.29) is 12.5 Å². The zero-order valence-corrected chi connectivity index (χ0v) is 12.0. The van der Waals surface area contributed by atoms with Crippen LogP contribution in [-0.2, 0) is 4.79 Å². The molecule has 0 aromatic carbocycles. The van der Waals surface area contributed by atoms with Crippen molar-refractivity contribution in [2.75, 3.05) is 25.0 Å². The number of oxazole rings is 1. The Morgan fingerprint density at radius 2 is 2.25 bits per heavy atom. The number of hydrogen-bond donors (Lipinski definition) is 1. The molecule has 0 aliphatic rings. The molecule has 2 aromatic rings. The standard InChI is InChI=1S/C13H19N5O2/c1-4-5-6-14-10(19)7-18(3)12-11-13(16-8-15-12)20-9(2)17-11/h8H,4-7H2,1-3H3,(H,14,19). The smallest absolute Gasteiger partial charge is 0.252 e. The molecule has 7 heteroatoms. The topological polar surface area (TPSA) is 84.2 Å². The van der Waals surface area contributed by atoms with E-state index in [2.05, 4.69) is 27.2 Å². The number of anilines is 1. The Morgan fingerprint density at radius 1 is 1.45 bits per heavy atom. The van der Waals surface area contributed by atoms with Crippen LogP contribution in [0.4, 0.5) is 5.82 Å². The molecule has 0 spiro atoms. The van der Waals surface area contributed by atoms with Crippen LogP contribution in [0.1, 0.15) is 25.7 Å². The van der Waals surface area contributed by atoms with E-state index in [4.69, 9.17) is 4.42 Å². The van der Waals surface area contributed by atoms with Crippen molar-refractivity contribution in [3.05, 3.63) is 12.2 Å². The minimum absolute atomic E-state index is 0.0343. The Morgan fingerprint density at radius 3 is 3.00 bits per heavy atom. The average Bonchev–Trinajstić information content (AvgIpc) is 2.78. The lowest BCUT2D eigenvalue weighted by molar-refractivity contribution is -0.119. The van der Waals surface area contributed by atoms with E-state index >= 15 is 0 Å². The van der Waals surface area contributed by atoms with E-state index in [1.54, 1.807) is 18.9 Å². The minimum atomic E-state index is -0.0343. The van der Waals surface area contributed by atoms with Gasteiger partial charge in [0.2, 0.25) is 5.91 Å². The van der Waals surface area contributed by atoms with E-state index in [9.17, 15) is 4.79 Å². The summed E-state index contributed by atoms with van der Waals surface area (Å²) in [6.45, 7) is 4.76. The number of unbranched alkanes of at least 4 members (excludes halogenated alkanes) is 1. The molecular weight excluding hydrogens is 258 g/mol. The number of rotatable bonds is 6. The van der Waals surface area contributed by atoms with Gasteiger partial charge in [0.25, 0.3) is 5.71 Å². The summed E-state index contributed by atoms with van der Waals surface area (Å²) in [5.74, 6) is 1.09. The first-order valence-corrected chi connectivity index (χ1v) is 6.67. The normalized spacial score (nSPS) is 10.8. The number of aryl methyl sites for hydroxylation is 1. The number of carbonyl (C=O) groups is 1. The second-order valence-electron chi connectivity index (χ2n) is 4.64. The third-order valence-electron chi connectivity index (χ3n) is 2.88. The molecule has 20 heavy (non-hydrogen) atoms. The maximum Gasteiger partial charge on any atom is 0.252 e. The van der Waals surface area contributed by atoms with Gasteiger partial charge in [-0.3, -0.25) is 4.79 Å². The third kappa shape index (κ3) is 3.23. The number of carbonyl (C=O) groups excluding carboxylic acids is 1. The molecule has 2 rings (SSSR count). The summed E-state index contributed by atoms with van der Waals surface area (Å²) < 4.78 is 5.35. The zero-order chi connectivity index (χ0) is 14.5. The Kier molecular flexibility index (Phi) is 4.49. The molecule has 0 radical (unpaired) electrons. The fourth-order valence-corrected chi connectivity index (χ4v) is 1.88. The SMILES string of the molecule is CCCCNC(=O)CN(C)c1ncnc2oc(C)nc12. The van der Waals surface area contributed by atoms with Crippen LogP contribution in [0.2, 0.25) is 0 Å². The van der Waals surface area contributed by atoms with Gasteiger partial charge in [0.05, 0.1) is 6.54 Å². The number of aromatic nitrogens is 3. The van der Waals surface area contributed by atoms with E-state index in [0.29, 0.717) is 29.5 Å². The molecule has 0 atom stereocenters. The lowest BCUT2D eigenvalue weighted by atomic mass is 10.3. The van der Waals surface area contributed by atoms with Crippen molar-refractivity contribution in [1.82, 2.24) is 20.3 Å². The molecule has 1 N–H and O–H groups in total. The fourth-order valence-electron chi connectivity index (χ4n) is 1.88. The summed E-state index contributed by atoms with van der Waals surface area (Å²) in [6, 6.07) is 0. The highest BCUT2D eigenvalue weighted by Gasteiger charge is 2.15. The van der Waals surface area contributed by atoms with Gasteiger partial charge in [-0.1, -0.05) is 13.3 Å². The summed E-state index contributed by atoms with van der Waals surface area (Å²) in [4.78, 5) is 26.0. The molecule has 108 valence electrons. The van der Waals surface area contributed by atoms with Crippen LogP contribution < -0.4 is 10.2 Å². The molecule has 1 amide bonds. The second-order valence-corrected chi connectivity index (χ2v) is 4.64. The molecule has 0 saturated heterocycles. The van der Waals surface area contributed by atoms with Crippen molar-refractivity contribution in [3.63, 3.8) is 0 Å². The molecule has 2 aromatic heterocycles. The molecule has 2 heterocycles. The lowest BCUT2D eigenvalue weighted by Crippen LogP contribution is -2.36. The van der Waals surface area contributed by atoms with Crippen molar-refractivity contribution in [2.45, 2.75) is 26.7 Å². The van der Waals surface area contributed by atoms with Gasteiger partial charge in [-0.15, -0.1) is 0 Å². The zero-order valence-electron chi connectivity index (χ0n) is 12.0. The van der Waals surface area contributed by atoms with Gasteiger partial charge in [-0.25, -0.2) is 9.97 Å². The van der Waals surface area contributed by atoms with Crippen LogP contribution in [0.3, 0.4) is 0 Å². The molecule has 0 aliphatic heterocycles. The predicted octanol–water partition coefficient (Wildman–Crippen LogP) is 1.28. The Balaban J connectivity index is 2.07. The number of hydrogen-bond acceptors (Lipinski definition) is 6. The maximum absolute atomic E-state index is 11.8. The molecule has 7 nitrogen and oxygen atoms in total. The van der Waals surface area contributed by atoms with Crippen molar-refractivity contribution in [3.8, 4) is 0 Å². The van der Waals surface area contributed by atoms with Crippen LogP contribution in [-0.4, -0.2) is 41.0 Å². The van der Waals surface area contributed by atoms with Crippen LogP contribution in [0, 0.1) is 6.92 Å². The minimum Gasteiger partial charge on any atom is -0.422 e. The van der Waals surface area contributed by atoms with Gasteiger partial charge < -0.3 is 14.6 Å². The molecule has 0 unspecified atom stereocenters. The van der Waals surface area contributed by atoms with E-state index in [0.717, 1.165) is 12.8 Å². The van der Waals surface area contributed by atoms with Crippen LogP contribution in [0.25, 0.3) is 11.2 Å². The van der Waals surface area contributed by atoms with E-state index in [1.807, 2.05) is 0 Å². The van der Waals surface area contributed by atoms with E-state index < -0.39 is 0 Å². The molecule has 0 bridgehead atoms. The van der Waals surface area contributed by atoms with Crippen molar-refractivity contribution >= 4 is 23.0 Å². The Bertz CT molecular complexity index is 595. The van der Waals surface area contributed by atoms with Crippen LogP contribution in [0.15, 0.2) is 10.7 Å². The van der Waals surface area contributed by atoms with Crippen LogP contribution >= 0.6 is 0 Å². The first-order valence-electron chi connectivity index (χ1n) is 6.67. The summed E-state index contributed by atoms with van der Waals surface area (Å²) in [7, 11) is 1.80. The van der Waals surface area contributed by atoms with Gasteiger partial charge >= 0.3 is 0 Å². The quantitative estimate of drug-likeness (QED) is 0.801. The number of nitrogens with zero attached hydrogens (tertiary/aromatic N) is 4. The average molecular weight is 277 g/mol. The number of amides is 1. The summed E-state index contributed by atoms with van der Waals surface area (Å²) in [6.07, 6.45) is 3.45. The van der Waals surface area contributed by atoms with E-state index in [1.165, 1.54) is 6.33 Å². The van der Waals surface area contributed by atoms with Crippen molar-refractivity contribution in [1.29, 1.82) is 0 Å². The summed E-state index contributed by atoms with van der Waals surface area (Å²) in [5.41, 5.74) is 1.01. The molecular formula is C13H19N5O2. The number of likely N-dealkylation sites (N-methyl/N-ethyl adjacent to an activating group) is 1. The Labute approximate surface area is 117 Å². The maximum atomic E-state index is 11.8. The first kappa shape index (κ1) is 14.2. The van der Waals surface area contributed by atoms with Gasteiger partial charge in [-0.05, 0) is 6.42 Å². The lowest BCUT2D eigenvalue weighted by Gasteiger charge is -2.17. The third-order valence-corrected chi connectivity index (χ3v) is 2.88. The number of fused-ring (bicyclic) bond motifs is 1. The largest absolute Gasteiger partial charge is 0.422 e. The van der Waals surface area contributed by atoms with Gasteiger partial charge in [0.1, 0.15) is 6.33 Å². The highest BCUT2D eigenvalue weighted by atomic mass is 16.4. The van der Waals surface area contributed by atoms with Gasteiger partial charge in [-0.2, -0.15) is 4.98 Å². The highest BCUT2D eigenvalue weighted by molar-refractivity contribution is 5.86. The number of nitrogens with one attached hydrogen (secondary N) is 1. The monoisotopic (exact) mass is 277 g/mol. The molecule has 0 saturated carbocycles. The highest BCUT2D eigenvalue weighted by Crippen LogP contribution is 2.21. The van der Waals surface area contributed by atoms with Gasteiger partial charge in [0, 0.05) is 20.5 Å². The fraction of sp³-hybridized carbons (Fsp3) is 0.538. The van der Waals surface area contributed by atoms with Crippen molar-refractivity contribution < 1.29 is 9.21 Å². The van der Waals surface area contributed by atoms with Crippen molar-refractivity contribution in [2.24, 2.45) is 0 Å². The van der Waals surface area contributed by atoms with Crippen LogP contribution in [0.5, 0.6) is 0 Å². The molecule has 0 fully saturated rings. The predicted molar refractivity (Wildman–Crippen MR) is 75.5 cm³/mol. The molecule has 0 aliphatic carbocycles. The Hall–Kier alpha value is -2.18. The summed E-state index contributed by atoms with van der Waals surface area (Å²) >= 11 is 0.